The Hall–Kier alpha value is -1.53. The molecule has 0 amide bonds. The van der Waals surface area contributed by atoms with Gasteiger partial charge < -0.3 is 9.72 Å². The first-order valence-corrected chi connectivity index (χ1v) is 5.42. The van der Waals surface area contributed by atoms with Gasteiger partial charge in [-0.25, -0.2) is 9.78 Å². The molecule has 0 saturated carbocycles. The number of carbonyl (C=O) groups is 1. The minimum atomic E-state index is -4.46. The highest BCUT2D eigenvalue weighted by atomic mass is 19.4. The maximum atomic E-state index is 12.8. The summed E-state index contributed by atoms with van der Waals surface area (Å²) in [6, 6.07) is 0. The number of aryl methyl sites for hydroxylation is 1. The van der Waals surface area contributed by atoms with Gasteiger partial charge in [0.05, 0.1) is 6.61 Å². The van der Waals surface area contributed by atoms with E-state index in [9.17, 15) is 18.0 Å². The van der Waals surface area contributed by atoms with Crippen LogP contribution in [0.5, 0.6) is 0 Å². The van der Waals surface area contributed by atoms with Crippen LogP contribution in [0.4, 0.5) is 13.2 Å². The number of hydrogen-bond donors (Lipinski definition) is 1. The lowest BCUT2D eigenvalue weighted by molar-refractivity contribution is -0.182. The number of aromatic amines is 1. The van der Waals surface area contributed by atoms with Crippen molar-refractivity contribution in [1.29, 1.82) is 0 Å². The second kappa shape index (κ2) is 4.62. The molecule has 1 heterocycles. The van der Waals surface area contributed by atoms with Crippen LogP contribution in [0.3, 0.4) is 0 Å². The van der Waals surface area contributed by atoms with Crippen LogP contribution in [0.15, 0.2) is 0 Å². The monoisotopic (exact) mass is 264 g/mol. The van der Waals surface area contributed by atoms with E-state index in [0.29, 0.717) is 0 Å². The van der Waals surface area contributed by atoms with E-state index in [1.165, 1.54) is 6.92 Å². The molecular formula is C11H15F3N2O2. The van der Waals surface area contributed by atoms with E-state index in [1.54, 1.807) is 6.92 Å². The van der Waals surface area contributed by atoms with Crippen LogP contribution in [0, 0.1) is 6.92 Å². The summed E-state index contributed by atoms with van der Waals surface area (Å²) in [5.74, 6) is -1.02. The van der Waals surface area contributed by atoms with Gasteiger partial charge in [-0.15, -0.1) is 0 Å². The molecule has 7 heteroatoms. The van der Waals surface area contributed by atoms with Crippen molar-refractivity contribution < 1.29 is 22.7 Å². The quantitative estimate of drug-likeness (QED) is 0.854. The molecule has 0 aliphatic rings. The molecule has 0 atom stereocenters. The van der Waals surface area contributed by atoms with E-state index in [1.807, 2.05) is 0 Å². The van der Waals surface area contributed by atoms with Gasteiger partial charge in [0.1, 0.15) is 11.2 Å². The zero-order valence-electron chi connectivity index (χ0n) is 10.6. The van der Waals surface area contributed by atoms with Gasteiger partial charge in [0, 0.05) is 5.69 Å². The number of rotatable bonds is 3. The standard InChI is InChI=1S/C11H15F3N2O2/c1-5-18-8(17)7-6(2)15-9(16-7)10(3,4)11(12,13)14/h5H2,1-4H3,(H,15,16). The number of aromatic nitrogens is 2. The number of carbonyl (C=O) groups excluding carboxylic acids is 1. The molecule has 0 aliphatic carbocycles. The molecule has 0 saturated heterocycles. The van der Waals surface area contributed by atoms with Crippen molar-refractivity contribution in [2.24, 2.45) is 0 Å². The van der Waals surface area contributed by atoms with E-state index in [2.05, 4.69) is 9.97 Å². The highest BCUT2D eigenvalue weighted by Gasteiger charge is 2.51. The first-order chi connectivity index (χ1) is 8.11. The number of imidazole rings is 1. The van der Waals surface area contributed by atoms with Crippen molar-refractivity contribution in [2.75, 3.05) is 6.61 Å². The summed E-state index contributed by atoms with van der Waals surface area (Å²) in [7, 11) is 0. The summed E-state index contributed by atoms with van der Waals surface area (Å²) in [5, 5.41) is 0. The predicted molar refractivity (Wildman–Crippen MR) is 58.4 cm³/mol. The predicted octanol–water partition coefficient (Wildman–Crippen LogP) is 2.73. The average molecular weight is 264 g/mol. The van der Waals surface area contributed by atoms with E-state index >= 15 is 0 Å². The number of halogens is 3. The van der Waals surface area contributed by atoms with Crippen LogP contribution in [0.25, 0.3) is 0 Å². The smallest absolute Gasteiger partial charge is 0.400 e. The minimum absolute atomic E-state index is 0.107. The van der Waals surface area contributed by atoms with Gasteiger partial charge in [-0.05, 0) is 27.7 Å². The third-order valence-corrected chi connectivity index (χ3v) is 2.65. The lowest BCUT2D eigenvalue weighted by Gasteiger charge is -2.25. The number of hydrogen-bond acceptors (Lipinski definition) is 3. The Balaban J connectivity index is 3.16. The Morgan fingerprint density at radius 3 is 2.39 bits per heavy atom. The molecule has 4 nitrogen and oxygen atoms in total. The van der Waals surface area contributed by atoms with Crippen LogP contribution >= 0.6 is 0 Å². The van der Waals surface area contributed by atoms with E-state index in [0.717, 1.165) is 13.8 Å². The largest absolute Gasteiger partial charge is 0.461 e. The van der Waals surface area contributed by atoms with Gasteiger partial charge in [-0.3, -0.25) is 0 Å². The second-order valence-electron chi connectivity index (χ2n) is 4.40. The zero-order valence-corrected chi connectivity index (χ0v) is 10.6. The van der Waals surface area contributed by atoms with Crippen molar-refractivity contribution in [2.45, 2.75) is 39.3 Å². The minimum Gasteiger partial charge on any atom is -0.461 e. The molecule has 0 spiro atoms. The van der Waals surface area contributed by atoms with Crippen LogP contribution in [-0.4, -0.2) is 28.7 Å². The zero-order chi connectivity index (χ0) is 14.1. The fraction of sp³-hybridized carbons (Fsp3) is 0.636. The van der Waals surface area contributed by atoms with Crippen LogP contribution < -0.4 is 0 Å². The highest BCUT2D eigenvalue weighted by molar-refractivity contribution is 5.88. The molecule has 0 unspecified atom stereocenters. The first kappa shape index (κ1) is 14.5. The molecule has 0 fully saturated rings. The van der Waals surface area contributed by atoms with Crippen molar-refractivity contribution in [3.8, 4) is 0 Å². The maximum Gasteiger partial charge on any atom is 0.400 e. The second-order valence-corrected chi connectivity index (χ2v) is 4.40. The maximum absolute atomic E-state index is 12.8. The Labute approximate surface area is 103 Å². The summed E-state index contributed by atoms with van der Waals surface area (Å²) in [5.41, 5.74) is -1.99. The molecule has 1 N–H and O–H groups in total. The van der Waals surface area contributed by atoms with Crippen molar-refractivity contribution in [3.05, 3.63) is 17.2 Å². The molecule has 1 rings (SSSR count). The Morgan fingerprint density at radius 1 is 1.39 bits per heavy atom. The van der Waals surface area contributed by atoms with Crippen LogP contribution in [0.2, 0.25) is 0 Å². The molecule has 0 radical (unpaired) electrons. The van der Waals surface area contributed by atoms with Gasteiger partial charge in [-0.2, -0.15) is 13.2 Å². The number of nitrogens with zero attached hydrogens (tertiary/aromatic N) is 1. The molecule has 0 aromatic carbocycles. The van der Waals surface area contributed by atoms with Crippen molar-refractivity contribution in [3.63, 3.8) is 0 Å². The van der Waals surface area contributed by atoms with Gasteiger partial charge in [-0.1, -0.05) is 0 Å². The highest BCUT2D eigenvalue weighted by Crippen LogP contribution is 2.39. The van der Waals surface area contributed by atoms with Crippen LogP contribution in [-0.2, 0) is 10.2 Å². The average Bonchev–Trinajstić information content (AvgIpc) is 2.59. The van der Waals surface area contributed by atoms with Crippen molar-refractivity contribution >= 4 is 5.97 Å². The van der Waals surface area contributed by atoms with Gasteiger partial charge in [0.2, 0.25) is 0 Å². The number of ether oxygens (including phenoxy) is 1. The van der Waals surface area contributed by atoms with E-state index in [4.69, 9.17) is 4.74 Å². The van der Waals surface area contributed by atoms with Crippen molar-refractivity contribution in [1.82, 2.24) is 9.97 Å². The summed E-state index contributed by atoms with van der Waals surface area (Å²) in [6.07, 6.45) is -4.46. The topological polar surface area (TPSA) is 55.0 Å². The molecule has 1 aromatic heterocycles. The number of H-pyrrole nitrogens is 1. The molecule has 0 aliphatic heterocycles. The van der Waals surface area contributed by atoms with E-state index < -0.39 is 17.6 Å². The van der Waals surface area contributed by atoms with Gasteiger partial charge in [0.25, 0.3) is 0 Å². The Bertz CT molecular complexity index is 450. The number of esters is 1. The number of alkyl halides is 3. The lowest BCUT2D eigenvalue weighted by Crippen LogP contribution is -2.37. The summed E-state index contributed by atoms with van der Waals surface area (Å²) in [4.78, 5) is 17.7. The Kier molecular flexibility index (Phi) is 3.73. The molecule has 0 bridgehead atoms. The fourth-order valence-electron chi connectivity index (χ4n) is 1.29. The summed E-state index contributed by atoms with van der Waals surface area (Å²) in [6.45, 7) is 5.24. The molecule has 18 heavy (non-hydrogen) atoms. The SMILES string of the molecule is CCOC(=O)c1nc(C(C)(C)C(F)(F)F)[nH]c1C. The third-order valence-electron chi connectivity index (χ3n) is 2.65. The fourth-order valence-corrected chi connectivity index (χ4v) is 1.29. The van der Waals surface area contributed by atoms with Gasteiger partial charge in [0.15, 0.2) is 5.69 Å². The molecular weight excluding hydrogens is 249 g/mol. The molecule has 102 valence electrons. The lowest BCUT2D eigenvalue weighted by atomic mass is 9.92. The normalized spacial score (nSPS) is 12.6. The summed E-state index contributed by atoms with van der Waals surface area (Å²) >= 11 is 0. The molecule has 1 aromatic rings. The third kappa shape index (κ3) is 2.49. The first-order valence-electron chi connectivity index (χ1n) is 5.42. The van der Waals surface area contributed by atoms with E-state index in [-0.39, 0.29) is 23.8 Å². The Morgan fingerprint density at radius 2 is 1.94 bits per heavy atom. The summed E-state index contributed by atoms with van der Waals surface area (Å²) < 4.78 is 43.2. The number of nitrogens with one attached hydrogen (secondary N) is 1. The van der Waals surface area contributed by atoms with Gasteiger partial charge >= 0.3 is 12.1 Å². The van der Waals surface area contributed by atoms with Crippen LogP contribution in [0.1, 0.15) is 42.8 Å².